The maximum atomic E-state index is 5.40. The fourth-order valence-corrected chi connectivity index (χ4v) is 2.63. The largest absolute Gasteiger partial charge is 0.454 e. The lowest BCUT2D eigenvalue weighted by Gasteiger charge is -2.10. The molecule has 92 valence electrons. The minimum absolute atomic E-state index is 0.322. The van der Waals surface area contributed by atoms with Gasteiger partial charge in [0, 0.05) is 13.1 Å². The summed E-state index contributed by atoms with van der Waals surface area (Å²) in [6.07, 6.45) is 2.70. The Morgan fingerprint density at radius 1 is 1.35 bits per heavy atom. The van der Waals surface area contributed by atoms with Crippen molar-refractivity contribution in [3.8, 4) is 11.5 Å². The van der Waals surface area contributed by atoms with Gasteiger partial charge in [-0.1, -0.05) is 6.92 Å². The van der Waals surface area contributed by atoms with E-state index in [1.54, 1.807) is 0 Å². The van der Waals surface area contributed by atoms with E-state index in [4.69, 9.17) is 9.47 Å². The second-order valence-electron chi connectivity index (χ2n) is 5.23. The number of nitrogens with one attached hydrogen (secondary N) is 1. The van der Waals surface area contributed by atoms with E-state index in [0.717, 1.165) is 29.1 Å². The van der Waals surface area contributed by atoms with Crippen LogP contribution in [0.3, 0.4) is 0 Å². The van der Waals surface area contributed by atoms with Crippen molar-refractivity contribution in [2.45, 2.75) is 26.3 Å². The van der Waals surface area contributed by atoms with E-state index in [2.05, 4.69) is 40.3 Å². The molecule has 3 rings (SSSR count). The monoisotopic (exact) mass is 297 g/mol. The molecule has 1 aromatic rings. The van der Waals surface area contributed by atoms with Crippen molar-refractivity contribution >= 4 is 15.9 Å². The average Bonchev–Trinajstić information content (AvgIpc) is 2.84. The van der Waals surface area contributed by atoms with Crippen LogP contribution in [0.2, 0.25) is 0 Å². The summed E-state index contributed by atoms with van der Waals surface area (Å²) in [5.74, 6) is 1.66. The molecule has 4 heteroatoms. The summed E-state index contributed by atoms with van der Waals surface area (Å²) in [4.78, 5) is 0. The second kappa shape index (κ2) is 4.18. The van der Waals surface area contributed by atoms with Gasteiger partial charge in [-0.3, -0.25) is 0 Å². The van der Waals surface area contributed by atoms with Crippen molar-refractivity contribution in [1.29, 1.82) is 0 Å². The first-order valence-electron chi connectivity index (χ1n) is 5.95. The van der Waals surface area contributed by atoms with Crippen LogP contribution >= 0.6 is 15.9 Å². The van der Waals surface area contributed by atoms with Gasteiger partial charge in [0.25, 0.3) is 0 Å². The molecular weight excluding hydrogens is 282 g/mol. The maximum Gasteiger partial charge on any atom is 0.231 e. The van der Waals surface area contributed by atoms with E-state index in [1.165, 1.54) is 18.4 Å². The van der Waals surface area contributed by atoms with Crippen LogP contribution in [-0.4, -0.2) is 13.3 Å². The maximum absolute atomic E-state index is 5.40. The third-order valence-corrected chi connectivity index (χ3v) is 4.06. The highest BCUT2D eigenvalue weighted by molar-refractivity contribution is 9.10. The van der Waals surface area contributed by atoms with Crippen LogP contribution in [0.15, 0.2) is 16.6 Å². The van der Waals surface area contributed by atoms with Gasteiger partial charge < -0.3 is 14.8 Å². The molecule has 0 aromatic heterocycles. The van der Waals surface area contributed by atoms with Crippen LogP contribution < -0.4 is 14.8 Å². The summed E-state index contributed by atoms with van der Waals surface area (Å²) in [7, 11) is 0. The Balaban J connectivity index is 1.65. The van der Waals surface area contributed by atoms with Crippen molar-refractivity contribution in [2.24, 2.45) is 5.41 Å². The molecular formula is C13H16BrNO2. The van der Waals surface area contributed by atoms with Gasteiger partial charge in [-0.15, -0.1) is 0 Å². The third kappa shape index (κ3) is 2.43. The molecule has 3 nitrogen and oxygen atoms in total. The number of ether oxygens (including phenoxy) is 2. The Bertz CT molecular complexity index is 443. The number of benzene rings is 1. The number of hydrogen-bond acceptors (Lipinski definition) is 3. The minimum Gasteiger partial charge on any atom is -0.454 e. The molecule has 0 radical (unpaired) electrons. The fourth-order valence-electron chi connectivity index (χ4n) is 2.02. The molecule has 1 N–H and O–H groups in total. The van der Waals surface area contributed by atoms with Crippen LogP contribution in [0, 0.1) is 5.41 Å². The number of rotatable bonds is 4. The Labute approximate surface area is 110 Å². The van der Waals surface area contributed by atoms with Gasteiger partial charge in [-0.2, -0.15) is 0 Å². The van der Waals surface area contributed by atoms with Crippen molar-refractivity contribution in [3.63, 3.8) is 0 Å². The molecule has 0 amide bonds. The van der Waals surface area contributed by atoms with Gasteiger partial charge in [-0.25, -0.2) is 0 Å². The molecule has 2 aliphatic rings. The first-order valence-corrected chi connectivity index (χ1v) is 6.74. The predicted octanol–water partition coefficient (Wildman–Crippen LogP) is 3.07. The first-order chi connectivity index (χ1) is 8.16. The van der Waals surface area contributed by atoms with Crippen LogP contribution in [0.4, 0.5) is 0 Å². The van der Waals surface area contributed by atoms with Crippen LogP contribution in [0.25, 0.3) is 0 Å². The van der Waals surface area contributed by atoms with Crippen molar-refractivity contribution in [3.05, 3.63) is 22.2 Å². The Morgan fingerprint density at radius 3 is 2.94 bits per heavy atom. The normalized spacial score (nSPS) is 19.4. The lowest BCUT2D eigenvalue weighted by Crippen LogP contribution is -2.21. The smallest absolute Gasteiger partial charge is 0.231 e. The number of halogens is 1. The van der Waals surface area contributed by atoms with E-state index in [0.29, 0.717) is 12.2 Å². The molecule has 1 fully saturated rings. The summed E-state index contributed by atoms with van der Waals surface area (Å²) >= 11 is 3.51. The predicted molar refractivity (Wildman–Crippen MR) is 69.3 cm³/mol. The molecule has 17 heavy (non-hydrogen) atoms. The second-order valence-corrected chi connectivity index (χ2v) is 6.08. The summed E-state index contributed by atoms with van der Waals surface area (Å²) in [5, 5.41) is 3.51. The van der Waals surface area contributed by atoms with Gasteiger partial charge in [0.2, 0.25) is 6.79 Å². The topological polar surface area (TPSA) is 30.5 Å². The van der Waals surface area contributed by atoms with Gasteiger partial charge in [-0.05, 0) is 51.9 Å². The molecule has 0 bridgehead atoms. The van der Waals surface area contributed by atoms with Crippen molar-refractivity contribution < 1.29 is 9.47 Å². The lowest BCUT2D eigenvalue weighted by atomic mass is 10.1. The molecule has 1 aromatic carbocycles. The molecule has 1 heterocycles. The standard InChI is InChI=1S/C13H16BrNO2/c1-13(2-3-13)7-15-6-9-4-10(14)12-11(5-9)16-8-17-12/h4-5,15H,2-3,6-8H2,1H3. The molecule has 1 aliphatic heterocycles. The summed E-state index contributed by atoms with van der Waals surface area (Å²) in [6.45, 7) is 4.63. The van der Waals surface area contributed by atoms with Crippen molar-refractivity contribution in [1.82, 2.24) is 5.32 Å². The van der Waals surface area contributed by atoms with E-state index >= 15 is 0 Å². The minimum atomic E-state index is 0.322. The van der Waals surface area contributed by atoms with E-state index in [1.807, 2.05) is 0 Å². The Hall–Kier alpha value is -0.740. The van der Waals surface area contributed by atoms with Crippen LogP contribution in [0.5, 0.6) is 11.5 Å². The van der Waals surface area contributed by atoms with E-state index in [9.17, 15) is 0 Å². The SMILES string of the molecule is CC1(CNCc2cc(Br)c3c(c2)OCO3)CC1. The highest BCUT2D eigenvalue weighted by Gasteiger charge is 2.36. The number of fused-ring (bicyclic) bond motifs is 1. The highest BCUT2D eigenvalue weighted by Crippen LogP contribution is 2.44. The number of hydrogen-bond donors (Lipinski definition) is 1. The molecule has 1 aliphatic carbocycles. The summed E-state index contributed by atoms with van der Waals surface area (Å²) < 4.78 is 11.7. The summed E-state index contributed by atoms with van der Waals surface area (Å²) in [5.41, 5.74) is 1.78. The van der Waals surface area contributed by atoms with E-state index in [-0.39, 0.29) is 0 Å². The fraction of sp³-hybridized carbons (Fsp3) is 0.538. The molecule has 0 saturated heterocycles. The average molecular weight is 298 g/mol. The van der Waals surface area contributed by atoms with Gasteiger partial charge in [0.1, 0.15) is 0 Å². The third-order valence-electron chi connectivity index (χ3n) is 3.47. The Kier molecular flexibility index (Phi) is 2.79. The molecule has 1 saturated carbocycles. The van der Waals surface area contributed by atoms with Gasteiger partial charge in [0.15, 0.2) is 11.5 Å². The van der Waals surface area contributed by atoms with E-state index < -0.39 is 0 Å². The Morgan fingerprint density at radius 2 is 2.18 bits per heavy atom. The quantitative estimate of drug-likeness (QED) is 0.926. The molecule has 0 atom stereocenters. The summed E-state index contributed by atoms with van der Waals surface area (Å²) in [6, 6.07) is 4.14. The zero-order valence-electron chi connectivity index (χ0n) is 9.88. The highest BCUT2D eigenvalue weighted by atomic mass is 79.9. The van der Waals surface area contributed by atoms with Gasteiger partial charge in [0.05, 0.1) is 4.47 Å². The molecule has 0 spiro atoms. The van der Waals surface area contributed by atoms with Crippen LogP contribution in [-0.2, 0) is 6.54 Å². The zero-order chi connectivity index (χ0) is 11.9. The lowest BCUT2D eigenvalue weighted by molar-refractivity contribution is 0.173. The molecule has 0 unspecified atom stereocenters. The first kappa shape index (κ1) is 11.4. The van der Waals surface area contributed by atoms with Crippen molar-refractivity contribution in [2.75, 3.05) is 13.3 Å². The zero-order valence-corrected chi connectivity index (χ0v) is 11.5. The van der Waals surface area contributed by atoms with Crippen LogP contribution in [0.1, 0.15) is 25.3 Å². The van der Waals surface area contributed by atoms with Gasteiger partial charge >= 0.3 is 0 Å².